The standard InChI is InChI=1S/C26H54O4S2/c1-3-5-7-9-11-13-15-17-19-21-23-31(27,28)25-26-32(29,30)24-22-20-18-16-14-12-10-8-6-4-2/h3-26H2,1-2H3. The molecule has 0 radical (unpaired) electrons. The van der Waals surface area contributed by atoms with Crippen molar-refractivity contribution < 1.29 is 16.8 Å². The van der Waals surface area contributed by atoms with Gasteiger partial charge in [0, 0.05) is 0 Å². The molecule has 0 spiro atoms. The monoisotopic (exact) mass is 494 g/mol. The molecule has 0 aliphatic rings. The number of hydrogen-bond donors (Lipinski definition) is 0. The lowest BCUT2D eigenvalue weighted by molar-refractivity contribution is 0.556. The third kappa shape index (κ3) is 23.1. The minimum absolute atomic E-state index is 0.136. The summed E-state index contributed by atoms with van der Waals surface area (Å²) < 4.78 is 48.8. The molecule has 0 aliphatic heterocycles. The van der Waals surface area contributed by atoms with Gasteiger partial charge < -0.3 is 0 Å². The van der Waals surface area contributed by atoms with Crippen LogP contribution in [0, 0.1) is 0 Å². The number of rotatable bonds is 25. The fourth-order valence-corrected chi connectivity index (χ4v) is 7.80. The van der Waals surface area contributed by atoms with E-state index < -0.39 is 19.7 Å². The second-order valence-electron chi connectivity index (χ2n) is 9.67. The van der Waals surface area contributed by atoms with Gasteiger partial charge in [0.15, 0.2) is 19.7 Å². The minimum atomic E-state index is -3.25. The van der Waals surface area contributed by atoms with E-state index in [0.29, 0.717) is 12.8 Å². The number of sulfone groups is 2. The zero-order valence-corrected chi connectivity index (χ0v) is 23.1. The zero-order chi connectivity index (χ0) is 24.0. The van der Waals surface area contributed by atoms with Gasteiger partial charge in [0.1, 0.15) is 0 Å². The summed E-state index contributed by atoms with van der Waals surface area (Å²) >= 11 is 0. The molecule has 0 amide bonds. The molecule has 0 aromatic carbocycles. The van der Waals surface area contributed by atoms with E-state index in [1.807, 2.05) is 0 Å². The molecule has 6 heteroatoms. The third-order valence-corrected chi connectivity index (χ3v) is 10.1. The Morgan fingerprint density at radius 2 is 0.531 bits per heavy atom. The van der Waals surface area contributed by atoms with Crippen molar-refractivity contribution >= 4 is 19.7 Å². The molecule has 4 nitrogen and oxygen atoms in total. The van der Waals surface area contributed by atoms with Crippen molar-refractivity contribution in [2.75, 3.05) is 23.0 Å². The molecule has 0 N–H and O–H groups in total. The van der Waals surface area contributed by atoms with Crippen LogP contribution in [0.3, 0.4) is 0 Å². The maximum Gasteiger partial charge on any atom is 0.151 e. The van der Waals surface area contributed by atoms with E-state index in [9.17, 15) is 16.8 Å². The van der Waals surface area contributed by atoms with Crippen LogP contribution in [-0.2, 0) is 19.7 Å². The molecule has 0 saturated heterocycles. The maximum atomic E-state index is 12.2. The lowest BCUT2D eigenvalue weighted by atomic mass is 10.1. The van der Waals surface area contributed by atoms with E-state index in [1.54, 1.807) is 0 Å². The lowest BCUT2D eigenvalue weighted by Crippen LogP contribution is -2.21. The van der Waals surface area contributed by atoms with E-state index in [2.05, 4.69) is 13.8 Å². The molecule has 0 atom stereocenters. The highest BCUT2D eigenvalue weighted by atomic mass is 32.2. The summed E-state index contributed by atoms with van der Waals surface area (Å²) in [6, 6.07) is 0. The summed E-state index contributed by atoms with van der Waals surface area (Å²) in [5.74, 6) is -0.135. The Bertz CT molecular complexity index is 543. The summed E-state index contributed by atoms with van der Waals surface area (Å²) in [4.78, 5) is 0. The van der Waals surface area contributed by atoms with Gasteiger partial charge in [0.05, 0.1) is 23.0 Å². The van der Waals surface area contributed by atoms with E-state index in [1.165, 1.54) is 89.9 Å². The maximum absolute atomic E-state index is 12.2. The highest BCUT2D eigenvalue weighted by molar-refractivity contribution is 7.95. The van der Waals surface area contributed by atoms with Gasteiger partial charge in [0.2, 0.25) is 0 Å². The van der Waals surface area contributed by atoms with Crippen molar-refractivity contribution in [3.63, 3.8) is 0 Å². The van der Waals surface area contributed by atoms with Crippen molar-refractivity contribution in [3.05, 3.63) is 0 Å². The van der Waals surface area contributed by atoms with Crippen LogP contribution in [0.1, 0.15) is 142 Å². The van der Waals surface area contributed by atoms with Gasteiger partial charge in [-0.3, -0.25) is 0 Å². The Balaban J connectivity index is 3.67. The average molecular weight is 495 g/mol. The fourth-order valence-electron chi connectivity index (χ4n) is 4.08. The second kappa shape index (κ2) is 21.4. The summed E-state index contributed by atoms with van der Waals surface area (Å²) in [5.41, 5.74) is 0. The van der Waals surface area contributed by atoms with Crippen LogP contribution in [0.15, 0.2) is 0 Å². The molecule has 0 aromatic heterocycles. The second-order valence-corrected chi connectivity index (χ2v) is 14.3. The molecule has 0 aliphatic carbocycles. The number of unbranched alkanes of at least 4 members (excludes halogenated alkanes) is 18. The first-order valence-corrected chi connectivity index (χ1v) is 17.4. The SMILES string of the molecule is CCCCCCCCCCCCS(=O)(=O)CCS(=O)(=O)CCCCCCCCCCCC. The van der Waals surface area contributed by atoms with Gasteiger partial charge in [-0.15, -0.1) is 0 Å². The first-order chi connectivity index (χ1) is 15.3. The van der Waals surface area contributed by atoms with Gasteiger partial charge in [-0.1, -0.05) is 129 Å². The Labute approximate surface area is 201 Å². The highest BCUT2D eigenvalue weighted by Gasteiger charge is 2.17. The fraction of sp³-hybridized carbons (Fsp3) is 1.00. The predicted molar refractivity (Wildman–Crippen MR) is 141 cm³/mol. The average Bonchev–Trinajstić information content (AvgIpc) is 2.75. The van der Waals surface area contributed by atoms with Crippen LogP contribution in [0.5, 0.6) is 0 Å². The Hall–Kier alpha value is -0.100. The predicted octanol–water partition coefficient (Wildman–Crippen LogP) is 7.66. The smallest absolute Gasteiger partial charge is 0.151 e. The van der Waals surface area contributed by atoms with Crippen molar-refractivity contribution in [2.24, 2.45) is 0 Å². The van der Waals surface area contributed by atoms with Gasteiger partial charge in [-0.25, -0.2) is 16.8 Å². The molecule has 0 fully saturated rings. The molecule has 0 rings (SSSR count). The topological polar surface area (TPSA) is 68.3 Å². The molecule has 0 bridgehead atoms. The molecule has 0 unspecified atom stereocenters. The Kier molecular flexibility index (Phi) is 21.4. The summed E-state index contributed by atoms with van der Waals surface area (Å²) in [7, 11) is -6.51. The summed E-state index contributed by atoms with van der Waals surface area (Å²) in [6.45, 7) is 4.45. The molecule has 0 aromatic rings. The molecule has 194 valence electrons. The normalized spacial score (nSPS) is 12.4. The van der Waals surface area contributed by atoms with Crippen LogP contribution in [0.25, 0.3) is 0 Å². The Morgan fingerprint density at radius 3 is 0.781 bits per heavy atom. The number of hydrogen-bond acceptors (Lipinski definition) is 4. The molecule has 0 saturated carbocycles. The van der Waals surface area contributed by atoms with Gasteiger partial charge >= 0.3 is 0 Å². The van der Waals surface area contributed by atoms with Gasteiger partial charge in [0.25, 0.3) is 0 Å². The first-order valence-electron chi connectivity index (χ1n) is 13.7. The van der Waals surface area contributed by atoms with Crippen molar-refractivity contribution in [2.45, 2.75) is 142 Å². The Morgan fingerprint density at radius 1 is 0.312 bits per heavy atom. The quantitative estimate of drug-likeness (QED) is 0.122. The van der Waals surface area contributed by atoms with Crippen LogP contribution in [-0.4, -0.2) is 39.8 Å². The molecular formula is C26H54O4S2. The first kappa shape index (κ1) is 31.9. The van der Waals surface area contributed by atoms with Crippen molar-refractivity contribution in [3.8, 4) is 0 Å². The van der Waals surface area contributed by atoms with Crippen LogP contribution >= 0.6 is 0 Å². The summed E-state index contributed by atoms with van der Waals surface area (Å²) in [5, 5.41) is 0. The van der Waals surface area contributed by atoms with Crippen molar-refractivity contribution in [1.29, 1.82) is 0 Å². The zero-order valence-electron chi connectivity index (χ0n) is 21.4. The van der Waals surface area contributed by atoms with Gasteiger partial charge in [-0.05, 0) is 12.8 Å². The molecule has 0 heterocycles. The van der Waals surface area contributed by atoms with E-state index in [4.69, 9.17) is 0 Å². The van der Waals surface area contributed by atoms with Crippen molar-refractivity contribution in [1.82, 2.24) is 0 Å². The van der Waals surface area contributed by atoms with E-state index >= 15 is 0 Å². The van der Waals surface area contributed by atoms with Crippen LogP contribution in [0.4, 0.5) is 0 Å². The summed E-state index contributed by atoms with van der Waals surface area (Å²) in [6.07, 6.45) is 23.3. The van der Waals surface area contributed by atoms with Crippen LogP contribution < -0.4 is 0 Å². The van der Waals surface area contributed by atoms with Crippen LogP contribution in [0.2, 0.25) is 0 Å². The van der Waals surface area contributed by atoms with E-state index in [-0.39, 0.29) is 23.0 Å². The highest BCUT2D eigenvalue weighted by Crippen LogP contribution is 2.13. The minimum Gasteiger partial charge on any atom is -0.229 e. The third-order valence-electron chi connectivity index (χ3n) is 6.32. The molecular weight excluding hydrogens is 440 g/mol. The van der Waals surface area contributed by atoms with Gasteiger partial charge in [-0.2, -0.15) is 0 Å². The largest absolute Gasteiger partial charge is 0.229 e. The van der Waals surface area contributed by atoms with E-state index in [0.717, 1.165) is 25.7 Å². The molecule has 32 heavy (non-hydrogen) atoms. The lowest BCUT2D eigenvalue weighted by Gasteiger charge is -2.07.